The molecule has 3 aromatic rings. The highest BCUT2D eigenvalue weighted by atomic mass is 32.1. The number of carbonyl (C=O) groups excluding carboxylic acids is 2. The molecule has 0 aliphatic carbocycles. The molecule has 4 rings (SSSR count). The SMILES string of the molecule is CCCCCCCCN1C(=O)c2c(-c3ccc(F)cc3)sc(-c3ccc(F)cc3)c2C1=O. The van der Waals surface area contributed by atoms with E-state index in [0.717, 1.165) is 25.7 Å². The number of hydrogen-bond donors (Lipinski definition) is 0. The third-order valence-corrected chi connectivity index (χ3v) is 7.06. The largest absolute Gasteiger partial charge is 0.274 e. The average Bonchev–Trinajstić information content (AvgIpc) is 3.29. The summed E-state index contributed by atoms with van der Waals surface area (Å²) in [5.74, 6) is -1.34. The van der Waals surface area contributed by atoms with Crippen molar-refractivity contribution < 1.29 is 18.4 Å². The van der Waals surface area contributed by atoms with Crippen LogP contribution in [-0.2, 0) is 0 Å². The minimum Gasteiger partial charge on any atom is -0.274 e. The van der Waals surface area contributed by atoms with E-state index in [9.17, 15) is 18.4 Å². The van der Waals surface area contributed by atoms with Crippen LogP contribution < -0.4 is 0 Å². The molecular weight excluding hydrogens is 428 g/mol. The van der Waals surface area contributed by atoms with Crippen molar-refractivity contribution in [1.29, 1.82) is 0 Å². The van der Waals surface area contributed by atoms with E-state index in [1.807, 2.05) is 0 Å². The summed E-state index contributed by atoms with van der Waals surface area (Å²) in [4.78, 5) is 29.2. The Morgan fingerprint density at radius 2 is 1.12 bits per heavy atom. The van der Waals surface area contributed by atoms with Crippen LogP contribution in [0, 0.1) is 11.6 Å². The molecule has 166 valence electrons. The van der Waals surface area contributed by atoms with Gasteiger partial charge in [-0.05, 0) is 41.8 Å². The third-order valence-electron chi connectivity index (χ3n) is 5.77. The van der Waals surface area contributed by atoms with Crippen molar-refractivity contribution in [3.63, 3.8) is 0 Å². The van der Waals surface area contributed by atoms with Crippen LogP contribution in [0.5, 0.6) is 0 Å². The van der Waals surface area contributed by atoms with Crippen LogP contribution in [0.4, 0.5) is 8.78 Å². The first-order valence-electron chi connectivity index (χ1n) is 11.1. The van der Waals surface area contributed by atoms with Crippen LogP contribution in [0.3, 0.4) is 0 Å². The van der Waals surface area contributed by atoms with Gasteiger partial charge in [-0.3, -0.25) is 14.5 Å². The van der Waals surface area contributed by atoms with Crippen molar-refractivity contribution in [2.45, 2.75) is 45.4 Å². The van der Waals surface area contributed by atoms with E-state index in [4.69, 9.17) is 0 Å². The van der Waals surface area contributed by atoms with Gasteiger partial charge in [-0.15, -0.1) is 11.3 Å². The van der Waals surface area contributed by atoms with E-state index < -0.39 is 0 Å². The molecule has 1 aliphatic heterocycles. The highest BCUT2D eigenvalue weighted by Gasteiger charge is 2.41. The fraction of sp³-hybridized carbons (Fsp3) is 0.308. The van der Waals surface area contributed by atoms with Crippen molar-refractivity contribution in [2.24, 2.45) is 0 Å². The van der Waals surface area contributed by atoms with E-state index in [-0.39, 0.29) is 23.4 Å². The van der Waals surface area contributed by atoms with Gasteiger partial charge in [0.15, 0.2) is 0 Å². The van der Waals surface area contributed by atoms with E-state index in [1.54, 1.807) is 24.3 Å². The molecule has 0 N–H and O–H groups in total. The van der Waals surface area contributed by atoms with Crippen molar-refractivity contribution in [3.8, 4) is 20.9 Å². The van der Waals surface area contributed by atoms with Crippen molar-refractivity contribution in [2.75, 3.05) is 6.54 Å². The molecule has 3 nitrogen and oxygen atoms in total. The third kappa shape index (κ3) is 4.37. The Labute approximate surface area is 190 Å². The number of hydrogen-bond acceptors (Lipinski definition) is 3. The summed E-state index contributed by atoms with van der Waals surface area (Å²) in [6.45, 7) is 2.55. The van der Waals surface area contributed by atoms with Crippen molar-refractivity contribution in [3.05, 3.63) is 71.3 Å². The summed E-state index contributed by atoms with van der Waals surface area (Å²) < 4.78 is 26.9. The smallest absolute Gasteiger partial charge is 0.263 e. The van der Waals surface area contributed by atoms with E-state index >= 15 is 0 Å². The minimum absolute atomic E-state index is 0.303. The molecular formula is C26H25F2NO2S. The number of imide groups is 1. The zero-order chi connectivity index (χ0) is 22.7. The van der Waals surface area contributed by atoms with Gasteiger partial charge in [-0.2, -0.15) is 0 Å². The molecule has 0 spiro atoms. The van der Waals surface area contributed by atoms with Gasteiger partial charge in [-0.1, -0.05) is 63.3 Å². The fourth-order valence-corrected chi connectivity index (χ4v) is 5.36. The maximum atomic E-state index is 13.5. The van der Waals surface area contributed by atoms with Gasteiger partial charge in [0.2, 0.25) is 0 Å². The first-order chi connectivity index (χ1) is 15.5. The molecule has 2 heterocycles. The summed E-state index contributed by atoms with van der Waals surface area (Å²) in [5.41, 5.74) is 2.11. The first-order valence-corrected chi connectivity index (χ1v) is 11.9. The summed E-state index contributed by atoms with van der Waals surface area (Å²) in [7, 11) is 0. The van der Waals surface area contributed by atoms with Crippen LogP contribution in [0.1, 0.15) is 66.2 Å². The number of amides is 2. The average molecular weight is 454 g/mol. The molecule has 0 unspecified atom stereocenters. The number of unbranched alkanes of at least 4 members (excludes halogenated alkanes) is 5. The fourth-order valence-electron chi connectivity index (χ4n) is 4.06. The molecule has 32 heavy (non-hydrogen) atoms. The molecule has 0 atom stereocenters. The predicted molar refractivity (Wildman–Crippen MR) is 124 cm³/mol. The Hall–Kier alpha value is -2.86. The van der Waals surface area contributed by atoms with Gasteiger partial charge < -0.3 is 0 Å². The van der Waals surface area contributed by atoms with Crippen LogP contribution in [0.15, 0.2) is 48.5 Å². The lowest BCUT2D eigenvalue weighted by Crippen LogP contribution is -2.31. The van der Waals surface area contributed by atoms with Crippen LogP contribution in [0.25, 0.3) is 20.9 Å². The second-order valence-corrected chi connectivity index (χ2v) is 9.07. The normalized spacial score (nSPS) is 13.2. The second-order valence-electron chi connectivity index (χ2n) is 8.05. The standard InChI is InChI=1S/C26H25F2NO2S/c1-2-3-4-5-6-7-16-29-25(30)21-22(26(29)31)24(18-10-14-20(28)15-11-18)32-23(21)17-8-12-19(27)13-9-17/h8-15H,2-7,16H2,1H3. The molecule has 2 amide bonds. The summed E-state index contributed by atoms with van der Waals surface area (Å²) in [6, 6.07) is 11.8. The van der Waals surface area contributed by atoms with Gasteiger partial charge in [0.1, 0.15) is 11.6 Å². The Bertz CT molecular complexity index is 1040. The zero-order valence-electron chi connectivity index (χ0n) is 18.0. The van der Waals surface area contributed by atoms with Crippen LogP contribution in [-0.4, -0.2) is 23.3 Å². The monoisotopic (exact) mass is 453 g/mol. The Morgan fingerprint density at radius 1 is 0.688 bits per heavy atom. The number of fused-ring (bicyclic) bond motifs is 1. The second kappa shape index (κ2) is 9.74. The summed E-state index contributed by atoms with van der Waals surface area (Å²) >= 11 is 1.31. The molecule has 6 heteroatoms. The Kier molecular flexibility index (Phi) is 6.80. The number of carbonyl (C=O) groups is 2. The summed E-state index contributed by atoms with van der Waals surface area (Å²) in [6.07, 6.45) is 6.36. The van der Waals surface area contributed by atoms with Gasteiger partial charge in [0.25, 0.3) is 11.8 Å². The quantitative estimate of drug-likeness (QED) is 0.251. The van der Waals surface area contributed by atoms with Crippen molar-refractivity contribution >= 4 is 23.2 Å². The molecule has 2 aromatic carbocycles. The van der Waals surface area contributed by atoms with Gasteiger partial charge in [-0.25, -0.2) is 8.78 Å². The van der Waals surface area contributed by atoms with E-state index in [1.165, 1.54) is 53.3 Å². The lowest BCUT2D eigenvalue weighted by Gasteiger charge is -2.15. The van der Waals surface area contributed by atoms with Crippen molar-refractivity contribution in [1.82, 2.24) is 4.90 Å². The molecule has 0 bridgehead atoms. The van der Waals surface area contributed by atoms with Gasteiger partial charge in [0.05, 0.1) is 11.1 Å². The molecule has 1 aromatic heterocycles. The number of benzene rings is 2. The first kappa shape index (κ1) is 22.3. The van der Waals surface area contributed by atoms with Crippen LogP contribution in [0.2, 0.25) is 0 Å². The highest BCUT2D eigenvalue weighted by molar-refractivity contribution is 7.20. The van der Waals surface area contributed by atoms with E-state index in [2.05, 4.69) is 6.92 Å². The predicted octanol–water partition coefficient (Wildman–Crippen LogP) is 7.32. The molecule has 0 saturated heterocycles. The van der Waals surface area contributed by atoms with Crippen LogP contribution >= 0.6 is 11.3 Å². The molecule has 1 aliphatic rings. The van der Waals surface area contributed by atoms with Gasteiger partial charge >= 0.3 is 0 Å². The maximum Gasteiger partial charge on any atom is 0.263 e. The molecule has 0 radical (unpaired) electrons. The number of nitrogens with zero attached hydrogens (tertiary/aromatic N) is 1. The number of thiophene rings is 1. The topological polar surface area (TPSA) is 37.4 Å². The Balaban J connectivity index is 1.68. The van der Waals surface area contributed by atoms with E-state index in [0.29, 0.717) is 38.6 Å². The number of halogens is 2. The highest BCUT2D eigenvalue weighted by Crippen LogP contribution is 2.46. The summed E-state index contributed by atoms with van der Waals surface area (Å²) in [5, 5.41) is 0. The lowest BCUT2D eigenvalue weighted by atomic mass is 10.0. The molecule has 0 fully saturated rings. The lowest BCUT2D eigenvalue weighted by molar-refractivity contribution is 0.0652. The molecule has 0 saturated carbocycles. The number of rotatable bonds is 9. The minimum atomic E-state index is -0.368. The van der Waals surface area contributed by atoms with Gasteiger partial charge in [0, 0.05) is 16.3 Å². The Morgan fingerprint density at radius 3 is 1.59 bits per heavy atom. The zero-order valence-corrected chi connectivity index (χ0v) is 18.8. The maximum absolute atomic E-state index is 13.5.